The van der Waals surface area contributed by atoms with Crippen molar-refractivity contribution in [1.82, 2.24) is 10.4 Å². The minimum Gasteiger partial charge on any atom is -0.406 e. The molecule has 1 heterocycles. The summed E-state index contributed by atoms with van der Waals surface area (Å²) < 4.78 is 55.4. The first-order chi connectivity index (χ1) is 13.2. The Labute approximate surface area is 158 Å². The third-order valence-corrected chi connectivity index (χ3v) is 4.57. The smallest absolute Gasteiger partial charge is 0.406 e. The highest BCUT2D eigenvalue weighted by Crippen LogP contribution is 2.25. The monoisotopic (exact) mass is 398 g/mol. The van der Waals surface area contributed by atoms with Crippen LogP contribution < -0.4 is 10.2 Å². The van der Waals surface area contributed by atoms with E-state index in [1.165, 1.54) is 23.7 Å². The van der Waals surface area contributed by atoms with Gasteiger partial charge in [0.05, 0.1) is 0 Å². The van der Waals surface area contributed by atoms with Gasteiger partial charge >= 0.3 is 6.36 Å². The van der Waals surface area contributed by atoms with Crippen LogP contribution >= 0.6 is 0 Å². The standard InChI is InChI=1S/C19H18F4N2O3/c20-17-10-14(18(26)24-27)9-13-4-6-25(7-5-16(13)17)11-12-2-1-3-15(8-12)28-19(21,22)23/h1-3,8-10,27H,4-7,11H2,(H,24,26). The number of halogens is 4. The maximum absolute atomic E-state index is 14.4. The molecule has 0 atom stereocenters. The van der Waals surface area contributed by atoms with Crippen molar-refractivity contribution in [2.24, 2.45) is 0 Å². The largest absolute Gasteiger partial charge is 0.573 e. The third kappa shape index (κ3) is 4.99. The topological polar surface area (TPSA) is 61.8 Å². The molecule has 9 heteroatoms. The Morgan fingerprint density at radius 2 is 1.93 bits per heavy atom. The van der Waals surface area contributed by atoms with Gasteiger partial charge in [-0.25, -0.2) is 9.87 Å². The Morgan fingerprint density at radius 1 is 1.18 bits per heavy atom. The molecule has 150 valence electrons. The zero-order valence-corrected chi connectivity index (χ0v) is 14.7. The summed E-state index contributed by atoms with van der Waals surface area (Å²) in [6, 6.07) is 8.38. The van der Waals surface area contributed by atoms with E-state index in [0.717, 1.165) is 6.07 Å². The number of nitrogens with zero attached hydrogens (tertiary/aromatic N) is 1. The van der Waals surface area contributed by atoms with E-state index >= 15 is 0 Å². The van der Waals surface area contributed by atoms with Crippen molar-refractivity contribution in [2.75, 3.05) is 13.1 Å². The number of fused-ring (bicyclic) bond motifs is 1. The minimum absolute atomic E-state index is 0.0317. The highest BCUT2D eigenvalue weighted by molar-refractivity contribution is 5.93. The maximum atomic E-state index is 14.4. The molecule has 2 aromatic carbocycles. The van der Waals surface area contributed by atoms with Crippen molar-refractivity contribution in [3.63, 3.8) is 0 Å². The molecular weight excluding hydrogens is 380 g/mol. The van der Waals surface area contributed by atoms with Crippen LogP contribution in [0.4, 0.5) is 17.6 Å². The number of hydrogen-bond acceptors (Lipinski definition) is 4. The van der Waals surface area contributed by atoms with E-state index in [0.29, 0.717) is 49.2 Å². The van der Waals surface area contributed by atoms with Crippen LogP contribution in [0.15, 0.2) is 36.4 Å². The van der Waals surface area contributed by atoms with Gasteiger partial charge in [-0.05, 0) is 53.8 Å². The number of rotatable bonds is 4. The van der Waals surface area contributed by atoms with Crippen LogP contribution in [-0.4, -0.2) is 35.5 Å². The van der Waals surface area contributed by atoms with Gasteiger partial charge in [0.25, 0.3) is 5.91 Å². The molecule has 1 aliphatic heterocycles. The first-order valence-electron chi connectivity index (χ1n) is 8.58. The first kappa shape index (κ1) is 20.1. The second-order valence-electron chi connectivity index (χ2n) is 6.51. The molecule has 0 bridgehead atoms. The summed E-state index contributed by atoms with van der Waals surface area (Å²) in [4.78, 5) is 13.5. The Kier molecular flexibility index (Phi) is 5.85. The van der Waals surface area contributed by atoms with Gasteiger partial charge in [0.1, 0.15) is 11.6 Å². The lowest BCUT2D eigenvalue weighted by atomic mass is 9.99. The number of nitrogens with one attached hydrogen (secondary N) is 1. The maximum Gasteiger partial charge on any atom is 0.573 e. The summed E-state index contributed by atoms with van der Waals surface area (Å²) in [5.74, 6) is -1.59. The molecule has 2 aromatic rings. The number of carbonyl (C=O) groups is 1. The fourth-order valence-electron chi connectivity index (χ4n) is 3.31. The molecule has 0 radical (unpaired) electrons. The third-order valence-electron chi connectivity index (χ3n) is 4.57. The molecule has 2 N–H and O–H groups in total. The molecule has 0 saturated carbocycles. The van der Waals surface area contributed by atoms with Crippen LogP contribution in [0.25, 0.3) is 0 Å². The highest BCUT2D eigenvalue weighted by atomic mass is 19.4. The Morgan fingerprint density at radius 3 is 2.64 bits per heavy atom. The van der Waals surface area contributed by atoms with Gasteiger partial charge < -0.3 is 4.74 Å². The van der Waals surface area contributed by atoms with Crippen LogP contribution in [0.3, 0.4) is 0 Å². The number of amides is 1. The average molecular weight is 398 g/mol. The van der Waals surface area contributed by atoms with Gasteiger partial charge in [-0.2, -0.15) is 0 Å². The number of carbonyl (C=O) groups excluding carboxylic acids is 1. The van der Waals surface area contributed by atoms with Crippen LogP contribution in [0.5, 0.6) is 5.75 Å². The lowest BCUT2D eigenvalue weighted by Crippen LogP contribution is -2.26. The van der Waals surface area contributed by atoms with Crippen LogP contribution in [0.2, 0.25) is 0 Å². The van der Waals surface area contributed by atoms with Crippen molar-refractivity contribution in [1.29, 1.82) is 0 Å². The van der Waals surface area contributed by atoms with Crippen molar-refractivity contribution >= 4 is 5.91 Å². The zero-order chi connectivity index (χ0) is 20.3. The summed E-state index contributed by atoms with van der Waals surface area (Å²) in [6.07, 6.45) is -3.88. The highest BCUT2D eigenvalue weighted by Gasteiger charge is 2.31. The Hall–Kier alpha value is -2.65. The Bertz CT molecular complexity index is 871. The van der Waals surface area contributed by atoms with Crippen LogP contribution in [0.1, 0.15) is 27.0 Å². The fourth-order valence-corrected chi connectivity index (χ4v) is 3.31. The lowest BCUT2D eigenvalue weighted by Gasteiger charge is -2.20. The van der Waals surface area contributed by atoms with Crippen LogP contribution in [-0.2, 0) is 19.4 Å². The van der Waals surface area contributed by atoms with Gasteiger partial charge in [-0.3, -0.25) is 14.9 Å². The van der Waals surface area contributed by atoms with Crippen molar-refractivity contribution in [2.45, 2.75) is 25.7 Å². The molecule has 28 heavy (non-hydrogen) atoms. The SMILES string of the molecule is O=C(NO)c1cc(F)c2c(c1)CCN(Cc1cccc(OC(F)(F)F)c1)CC2. The van der Waals surface area contributed by atoms with Gasteiger partial charge in [-0.1, -0.05) is 12.1 Å². The van der Waals surface area contributed by atoms with E-state index in [1.807, 2.05) is 4.90 Å². The minimum atomic E-state index is -4.75. The fraction of sp³-hybridized carbons (Fsp3) is 0.316. The van der Waals surface area contributed by atoms with E-state index in [9.17, 15) is 22.4 Å². The van der Waals surface area contributed by atoms with Gasteiger partial charge in [0.2, 0.25) is 0 Å². The second kappa shape index (κ2) is 8.15. The Balaban J connectivity index is 1.71. The summed E-state index contributed by atoms with van der Waals surface area (Å²) in [5, 5.41) is 8.73. The van der Waals surface area contributed by atoms with E-state index < -0.39 is 18.1 Å². The van der Waals surface area contributed by atoms with Gasteiger partial charge in [0.15, 0.2) is 0 Å². The molecule has 0 aromatic heterocycles. The van der Waals surface area contributed by atoms with E-state index in [4.69, 9.17) is 5.21 Å². The van der Waals surface area contributed by atoms with Crippen LogP contribution in [0, 0.1) is 5.82 Å². The lowest BCUT2D eigenvalue weighted by molar-refractivity contribution is -0.274. The van der Waals surface area contributed by atoms with Crippen molar-refractivity contribution in [3.8, 4) is 5.75 Å². The summed E-state index contributed by atoms with van der Waals surface area (Å²) in [6.45, 7) is 1.44. The summed E-state index contributed by atoms with van der Waals surface area (Å²) >= 11 is 0. The number of alkyl halides is 3. The van der Waals surface area contributed by atoms with E-state index in [2.05, 4.69) is 4.74 Å². The molecule has 0 aliphatic carbocycles. The van der Waals surface area contributed by atoms with Crippen molar-refractivity contribution < 1.29 is 32.3 Å². The average Bonchev–Trinajstić information content (AvgIpc) is 2.83. The summed E-state index contributed by atoms with van der Waals surface area (Å²) in [7, 11) is 0. The predicted octanol–water partition coefficient (Wildman–Crippen LogP) is 3.44. The molecular formula is C19H18F4N2O3. The quantitative estimate of drug-likeness (QED) is 0.471. The number of hydroxylamine groups is 1. The molecule has 0 saturated heterocycles. The molecule has 1 aliphatic rings. The normalized spacial score (nSPS) is 14.9. The van der Waals surface area contributed by atoms with Gasteiger partial charge in [-0.15, -0.1) is 13.2 Å². The predicted molar refractivity (Wildman–Crippen MR) is 91.5 cm³/mol. The molecule has 3 rings (SSSR count). The number of ether oxygens (including phenoxy) is 1. The van der Waals surface area contributed by atoms with Crippen molar-refractivity contribution in [3.05, 3.63) is 64.5 Å². The molecule has 0 fully saturated rings. The molecule has 0 spiro atoms. The molecule has 1 amide bonds. The number of hydrogen-bond donors (Lipinski definition) is 2. The molecule has 0 unspecified atom stereocenters. The first-order valence-corrected chi connectivity index (χ1v) is 8.58. The summed E-state index contributed by atoms with van der Waals surface area (Å²) in [5.41, 5.74) is 3.35. The molecule has 5 nitrogen and oxygen atoms in total. The van der Waals surface area contributed by atoms with E-state index in [-0.39, 0.29) is 11.3 Å². The van der Waals surface area contributed by atoms with E-state index in [1.54, 1.807) is 12.1 Å². The zero-order valence-electron chi connectivity index (χ0n) is 14.7. The van der Waals surface area contributed by atoms with Gasteiger partial charge in [0, 0.05) is 25.2 Å². The number of benzene rings is 2. The second-order valence-corrected chi connectivity index (χ2v) is 6.51.